The Balaban J connectivity index is 1.52. The molecule has 0 saturated carbocycles. The summed E-state index contributed by atoms with van der Waals surface area (Å²) < 4.78 is 4.74. The van der Waals surface area contributed by atoms with E-state index in [1.807, 2.05) is 12.3 Å². The molecule has 5 aromatic carbocycles. The van der Waals surface area contributed by atoms with E-state index in [9.17, 15) is 0 Å². The van der Waals surface area contributed by atoms with Crippen molar-refractivity contribution in [3.05, 3.63) is 140 Å². The molecule has 38 heavy (non-hydrogen) atoms. The van der Waals surface area contributed by atoms with Crippen molar-refractivity contribution in [1.82, 2.24) is 14.1 Å². The molecule has 8 aromatic rings. The topological polar surface area (TPSA) is 22.8 Å². The first-order chi connectivity index (χ1) is 18.9. The van der Waals surface area contributed by atoms with Gasteiger partial charge in [0.05, 0.1) is 22.1 Å². The first-order valence-corrected chi connectivity index (χ1v) is 12.9. The average Bonchev–Trinajstić information content (AvgIpc) is 3.51. The lowest BCUT2D eigenvalue weighted by molar-refractivity contribution is 1.08. The molecule has 3 heterocycles. The highest BCUT2D eigenvalue weighted by atomic mass is 15.1. The van der Waals surface area contributed by atoms with Crippen molar-refractivity contribution in [2.45, 2.75) is 0 Å². The Morgan fingerprint density at radius 2 is 0.947 bits per heavy atom. The summed E-state index contributed by atoms with van der Waals surface area (Å²) in [5.41, 5.74) is 8.29. The van der Waals surface area contributed by atoms with Crippen molar-refractivity contribution in [2.24, 2.45) is 0 Å². The molecule has 0 atom stereocenters. The summed E-state index contributed by atoms with van der Waals surface area (Å²) in [4.78, 5) is 4.78. The van der Waals surface area contributed by atoms with Crippen LogP contribution < -0.4 is 0 Å². The number of aromatic nitrogens is 3. The van der Waals surface area contributed by atoms with E-state index in [-0.39, 0.29) is 0 Å². The van der Waals surface area contributed by atoms with E-state index in [4.69, 9.17) is 4.98 Å². The van der Waals surface area contributed by atoms with E-state index < -0.39 is 0 Å². The lowest BCUT2D eigenvalue weighted by Crippen LogP contribution is -2.00. The molecule has 0 bridgehead atoms. The number of benzene rings is 5. The predicted molar refractivity (Wildman–Crippen MR) is 158 cm³/mol. The molecule has 3 nitrogen and oxygen atoms in total. The minimum Gasteiger partial charge on any atom is -0.307 e. The lowest BCUT2D eigenvalue weighted by Gasteiger charge is -2.12. The molecule has 0 amide bonds. The van der Waals surface area contributed by atoms with E-state index in [2.05, 4.69) is 137 Å². The summed E-state index contributed by atoms with van der Waals surface area (Å²) >= 11 is 0. The van der Waals surface area contributed by atoms with Crippen LogP contribution in [0.2, 0.25) is 0 Å². The third-order valence-corrected chi connectivity index (χ3v) is 7.58. The number of rotatable bonds is 3. The molecule has 0 spiro atoms. The van der Waals surface area contributed by atoms with Crippen LogP contribution in [0, 0.1) is 0 Å². The number of fused-ring (bicyclic) bond motifs is 7. The smallest absolute Gasteiger partial charge is 0.137 e. The number of hydrogen-bond donors (Lipinski definition) is 0. The van der Waals surface area contributed by atoms with Crippen LogP contribution in [-0.2, 0) is 0 Å². The van der Waals surface area contributed by atoms with Gasteiger partial charge in [0.25, 0.3) is 0 Å². The molecular formula is C35H23N3. The van der Waals surface area contributed by atoms with Gasteiger partial charge in [-0.1, -0.05) is 97.1 Å². The number of nitrogens with zero attached hydrogens (tertiary/aromatic N) is 3. The predicted octanol–water partition coefficient (Wildman–Crippen LogP) is 8.94. The van der Waals surface area contributed by atoms with E-state index in [0.29, 0.717) is 0 Å². The van der Waals surface area contributed by atoms with Gasteiger partial charge in [-0.05, 0) is 47.5 Å². The highest BCUT2D eigenvalue weighted by Gasteiger charge is 2.21. The van der Waals surface area contributed by atoms with Gasteiger partial charge in [-0.2, -0.15) is 0 Å². The molecule has 0 saturated heterocycles. The molecule has 3 heteroatoms. The summed E-state index contributed by atoms with van der Waals surface area (Å²) in [5, 5.41) is 4.93. The van der Waals surface area contributed by atoms with Gasteiger partial charge in [0, 0.05) is 33.4 Å². The fraction of sp³-hybridized carbons (Fsp3) is 0. The highest BCUT2D eigenvalue weighted by molar-refractivity contribution is 6.23. The van der Waals surface area contributed by atoms with Crippen LogP contribution >= 0.6 is 0 Å². The van der Waals surface area contributed by atoms with Crippen LogP contribution in [0.25, 0.3) is 66.2 Å². The molecule has 178 valence electrons. The van der Waals surface area contributed by atoms with Crippen molar-refractivity contribution in [3.63, 3.8) is 0 Å². The zero-order valence-corrected chi connectivity index (χ0v) is 20.6. The average molecular weight is 486 g/mol. The van der Waals surface area contributed by atoms with Gasteiger partial charge >= 0.3 is 0 Å². The molecule has 0 aliphatic rings. The van der Waals surface area contributed by atoms with Crippen LogP contribution in [0.3, 0.4) is 0 Å². The van der Waals surface area contributed by atoms with Crippen LogP contribution in [0.1, 0.15) is 0 Å². The van der Waals surface area contributed by atoms with Gasteiger partial charge < -0.3 is 4.57 Å². The standard InChI is InChI=1S/C35H23N3/c1-2-10-24(11-3-1)25-17-19-26(20-18-25)37-31-14-6-4-12-27(31)29-21-22-30-28-13-5-7-15-32(28)38(35(30)34(29)37)33-16-8-9-23-36-33/h1-23H. The van der Waals surface area contributed by atoms with Gasteiger partial charge in [0.1, 0.15) is 5.82 Å². The van der Waals surface area contributed by atoms with E-state index in [1.165, 1.54) is 49.2 Å². The van der Waals surface area contributed by atoms with Crippen LogP contribution in [0.15, 0.2) is 140 Å². The molecule has 0 aliphatic heterocycles. The quantitative estimate of drug-likeness (QED) is 0.245. The van der Waals surface area contributed by atoms with Crippen molar-refractivity contribution >= 4 is 43.6 Å². The number of hydrogen-bond acceptors (Lipinski definition) is 1. The van der Waals surface area contributed by atoms with Gasteiger partial charge in [-0.25, -0.2) is 4.98 Å². The molecule has 0 N–H and O–H groups in total. The minimum atomic E-state index is 0.919. The summed E-state index contributed by atoms with van der Waals surface area (Å²) in [6.45, 7) is 0. The summed E-state index contributed by atoms with van der Waals surface area (Å²) in [5.74, 6) is 0.919. The molecular weight excluding hydrogens is 462 g/mol. The van der Waals surface area contributed by atoms with Gasteiger partial charge in [-0.15, -0.1) is 0 Å². The first-order valence-electron chi connectivity index (χ1n) is 12.9. The lowest BCUT2D eigenvalue weighted by atomic mass is 10.1. The second-order valence-electron chi connectivity index (χ2n) is 9.66. The highest BCUT2D eigenvalue weighted by Crippen LogP contribution is 2.41. The third-order valence-electron chi connectivity index (χ3n) is 7.58. The van der Waals surface area contributed by atoms with Crippen molar-refractivity contribution in [3.8, 4) is 22.6 Å². The fourth-order valence-electron chi connectivity index (χ4n) is 5.93. The molecule has 0 radical (unpaired) electrons. The van der Waals surface area contributed by atoms with Gasteiger partial charge in [0.15, 0.2) is 0 Å². The Labute approximate surface area is 219 Å². The second-order valence-corrected chi connectivity index (χ2v) is 9.66. The fourth-order valence-corrected chi connectivity index (χ4v) is 5.93. The molecule has 8 rings (SSSR count). The molecule has 0 fully saturated rings. The Morgan fingerprint density at radius 3 is 1.61 bits per heavy atom. The van der Waals surface area contributed by atoms with Crippen molar-refractivity contribution in [1.29, 1.82) is 0 Å². The Morgan fingerprint density at radius 1 is 0.395 bits per heavy atom. The van der Waals surface area contributed by atoms with E-state index in [0.717, 1.165) is 17.0 Å². The van der Waals surface area contributed by atoms with Crippen molar-refractivity contribution < 1.29 is 0 Å². The number of pyridine rings is 1. The summed E-state index contributed by atoms with van der Waals surface area (Å²) in [7, 11) is 0. The maximum Gasteiger partial charge on any atom is 0.137 e. The number of para-hydroxylation sites is 2. The van der Waals surface area contributed by atoms with Crippen LogP contribution in [-0.4, -0.2) is 14.1 Å². The summed E-state index contributed by atoms with van der Waals surface area (Å²) in [6, 6.07) is 47.5. The second kappa shape index (κ2) is 8.19. The largest absolute Gasteiger partial charge is 0.307 e. The van der Waals surface area contributed by atoms with E-state index >= 15 is 0 Å². The normalized spacial score (nSPS) is 11.7. The van der Waals surface area contributed by atoms with Crippen LogP contribution in [0.4, 0.5) is 0 Å². The molecule has 3 aromatic heterocycles. The Bertz CT molecular complexity index is 2100. The molecule has 0 unspecified atom stereocenters. The first kappa shape index (κ1) is 21.0. The van der Waals surface area contributed by atoms with E-state index in [1.54, 1.807) is 0 Å². The van der Waals surface area contributed by atoms with Gasteiger partial charge in [-0.3, -0.25) is 4.57 Å². The maximum absolute atomic E-state index is 4.78. The third kappa shape index (κ3) is 2.99. The minimum absolute atomic E-state index is 0.919. The van der Waals surface area contributed by atoms with Gasteiger partial charge in [0.2, 0.25) is 0 Å². The maximum atomic E-state index is 4.78. The van der Waals surface area contributed by atoms with Crippen LogP contribution in [0.5, 0.6) is 0 Å². The summed E-state index contributed by atoms with van der Waals surface area (Å²) in [6.07, 6.45) is 1.87. The monoisotopic (exact) mass is 485 g/mol. The molecule has 0 aliphatic carbocycles. The zero-order valence-electron chi connectivity index (χ0n) is 20.6. The Kier molecular flexibility index (Phi) is 4.52. The SMILES string of the molecule is c1ccc(-c2ccc(-n3c4ccccc4c4ccc5c6ccccc6n(-c6ccccn6)c5c43)cc2)cc1. The van der Waals surface area contributed by atoms with Crippen molar-refractivity contribution in [2.75, 3.05) is 0 Å². The zero-order chi connectivity index (χ0) is 25.1. The Hall–Kier alpha value is -5.15.